The van der Waals surface area contributed by atoms with E-state index in [0.717, 1.165) is 29.9 Å². The van der Waals surface area contributed by atoms with Crippen LogP contribution >= 0.6 is 0 Å². The van der Waals surface area contributed by atoms with E-state index in [1.54, 1.807) is 12.4 Å². The van der Waals surface area contributed by atoms with E-state index in [4.69, 9.17) is 0 Å². The summed E-state index contributed by atoms with van der Waals surface area (Å²) < 4.78 is 0. The lowest BCUT2D eigenvalue weighted by molar-refractivity contribution is 0.375. The van der Waals surface area contributed by atoms with Crippen LogP contribution in [0.3, 0.4) is 0 Å². The molecule has 3 heteroatoms. The van der Waals surface area contributed by atoms with E-state index in [9.17, 15) is 0 Å². The molecule has 1 aromatic heterocycles. The van der Waals surface area contributed by atoms with Gasteiger partial charge in [-0.1, -0.05) is 23.8 Å². The molecule has 17 heavy (non-hydrogen) atoms. The smallest absolute Gasteiger partial charge is 0.0933 e. The van der Waals surface area contributed by atoms with Crippen molar-refractivity contribution in [1.29, 1.82) is 0 Å². The van der Waals surface area contributed by atoms with E-state index >= 15 is 0 Å². The summed E-state index contributed by atoms with van der Waals surface area (Å²) in [7, 11) is 0. The summed E-state index contributed by atoms with van der Waals surface area (Å²) in [5.41, 5.74) is 4.49. The van der Waals surface area contributed by atoms with Gasteiger partial charge in [-0.2, -0.15) is 0 Å². The minimum atomic E-state index is 0.374. The summed E-state index contributed by atoms with van der Waals surface area (Å²) >= 11 is 0. The van der Waals surface area contributed by atoms with Crippen LogP contribution in [0.4, 0.5) is 0 Å². The summed E-state index contributed by atoms with van der Waals surface area (Å²) in [6, 6.07) is 8.79. The quantitative estimate of drug-likeness (QED) is 0.853. The lowest BCUT2D eigenvalue weighted by atomic mass is 9.97. The minimum Gasteiger partial charge on any atom is -0.308 e. The molecule has 3 nitrogen and oxygen atoms in total. The second kappa shape index (κ2) is 4.26. The van der Waals surface area contributed by atoms with E-state index in [0.29, 0.717) is 6.04 Å². The molecule has 1 atom stereocenters. The van der Waals surface area contributed by atoms with Gasteiger partial charge in [0.25, 0.3) is 0 Å². The number of hydrogen-bond acceptors (Lipinski definition) is 3. The molecule has 0 aliphatic carbocycles. The standard InChI is InChI=1S/C14H15N3/c1-10-3-2-4-11(9-10)13-14(12-5-6-15-12)17-8-7-16-13/h2-4,7-9,12,15H,5-6H2,1H3. The average Bonchev–Trinajstić information content (AvgIpc) is 2.27. The summed E-state index contributed by atoms with van der Waals surface area (Å²) in [5, 5.41) is 3.38. The van der Waals surface area contributed by atoms with E-state index in [1.165, 1.54) is 5.56 Å². The zero-order valence-electron chi connectivity index (χ0n) is 9.85. The fraction of sp³-hybridized carbons (Fsp3) is 0.286. The number of nitrogens with one attached hydrogen (secondary N) is 1. The summed E-state index contributed by atoms with van der Waals surface area (Å²) in [6.45, 7) is 3.18. The maximum absolute atomic E-state index is 4.49. The van der Waals surface area contributed by atoms with Crippen LogP contribution in [0.15, 0.2) is 36.7 Å². The number of nitrogens with zero attached hydrogens (tertiary/aromatic N) is 2. The molecule has 0 amide bonds. The van der Waals surface area contributed by atoms with Gasteiger partial charge in [0.15, 0.2) is 0 Å². The van der Waals surface area contributed by atoms with Gasteiger partial charge in [-0.15, -0.1) is 0 Å². The normalized spacial score (nSPS) is 18.8. The molecule has 1 aromatic carbocycles. The molecule has 86 valence electrons. The fourth-order valence-corrected chi connectivity index (χ4v) is 2.14. The Labute approximate surface area is 101 Å². The van der Waals surface area contributed by atoms with Crippen LogP contribution < -0.4 is 5.32 Å². The molecule has 1 N–H and O–H groups in total. The van der Waals surface area contributed by atoms with Crippen LogP contribution in [-0.2, 0) is 0 Å². The third-order valence-electron chi connectivity index (χ3n) is 3.17. The van der Waals surface area contributed by atoms with Crippen LogP contribution in [0.1, 0.15) is 23.7 Å². The molecule has 0 radical (unpaired) electrons. The maximum atomic E-state index is 4.49. The van der Waals surface area contributed by atoms with E-state index in [2.05, 4.69) is 46.5 Å². The Morgan fingerprint density at radius 2 is 2.06 bits per heavy atom. The van der Waals surface area contributed by atoms with E-state index < -0.39 is 0 Å². The largest absolute Gasteiger partial charge is 0.308 e. The van der Waals surface area contributed by atoms with Crippen molar-refractivity contribution in [3.05, 3.63) is 47.9 Å². The van der Waals surface area contributed by atoms with Crippen molar-refractivity contribution in [1.82, 2.24) is 15.3 Å². The monoisotopic (exact) mass is 225 g/mol. The first-order valence-corrected chi connectivity index (χ1v) is 5.96. The van der Waals surface area contributed by atoms with Gasteiger partial charge in [0, 0.05) is 18.0 Å². The minimum absolute atomic E-state index is 0.374. The molecule has 1 aliphatic rings. The number of aryl methyl sites for hydroxylation is 1. The zero-order valence-corrected chi connectivity index (χ0v) is 9.85. The van der Waals surface area contributed by atoms with Crippen LogP contribution in [-0.4, -0.2) is 16.5 Å². The highest BCUT2D eigenvalue weighted by Gasteiger charge is 2.23. The summed E-state index contributed by atoms with van der Waals surface area (Å²) in [6.07, 6.45) is 4.69. The first-order chi connectivity index (χ1) is 8.34. The Morgan fingerprint density at radius 1 is 1.24 bits per heavy atom. The van der Waals surface area contributed by atoms with Crippen molar-refractivity contribution in [3.8, 4) is 11.3 Å². The van der Waals surface area contributed by atoms with Gasteiger partial charge in [0.05, 0.1) is 17.4 Å². The van der Waals surface area contributed by atoms with E-state index in [1.807, 2.05) is 0 Å². The molecule has 1 unspecified atom stereocenters. The Balaban J connectivity index is 2.07. The molecule has 3 rings (SSSR count). The topological polar surface area (TPSA) is 37.8 Å². The molecule has 1 saturated heterocycles. The molecule has 1 aliphatic heterocycles. The molecule has 2 aromatic rings. The van der Waals surface area contributed by atoms with Gasteiger partial charge in [0.1, 0.15) is 0 Å². The van der Waals surface area contributed by atoms with Crippen molar-refractivity contribution in [3.63, 3.8) is 0 Å². The zero-order chi connectivity index (χ0) is 11.7. The van der Waals surface area contributed by atoms with Crippen LogP contribution in [0.5, 0.6) is 0 Å². The number of aromatic nitrogens is 2. The second-order valence-corrected chi connectivity index (χ2v) is 4.46. The van der Waals surface area contributed by atoms with Crippen molar-refractivity contribution in [2.24, 2.45) is 0 Å². The van der Waals surface area contributed by atoms with Crippen molar-refractivity contribution in [2.75, 3.05) is 6.54 Å². The number of hydrogen-bond donors (Lipinski definition) is 1. The maximum Gasteiger partial charge on any atom is 0.0933 e. The van der Waals surface area contributed by atoms with Gasteiger partial charge in [0.2, 0.25) is 0 Å². The molecule has 0 saturated carbocycles. The van der Waals surface area contributed by atoms with Gasteiger partial charge in [-0.25, -0.2) is 0 Å². The Morgan fingerprint density at radius 3 is 2.76 bits per heavy atom. The highest BCUT2D eigenvalue weighted by Crippen LogP contribution is 2.29. The first kappa shape index (κ1) is 10.4. The lowest BCUT2D eigenvalue weighted by Crippen LogP contribution is -2.36. The summed E-state index contributed by atoms with van der Waals surface area (Å²) in [4.78, 5) is 8.97. The Hall–Kier alpha value is -1.74. The molecule has 1 fully saturated rings. The highest BCUT2D eigenvalue weighted by molar-refractivity contribution is 5.63. The Bertz CT molecular complexity index is 532. The van der Waals surface area contributed by atoms with Crippen molar-refractivity contribution in [2.45, 2.75) is 19.4 Å². The fourth-order valence-electron chi connectivity index (χ4n) is 2.14. The van der Waals surface area contributed by atoms with Gasteiger partial charge in [-0.3, -0.25) is 9.97 Å². The van der Waals surface area contributed by atoms with Gasteiger partial charge >= 0.3 is 0 Å². The molecular formula is C14H15N3. The van der Waals surface area contributed by atoms with Crippen molar-refractivity contribution >= 4 is 0 Å². The molecule has 2 heterocycles. The molecule has 0 spiro atoms. The molecule has 0 bridgehead atoms. The SMILES string of the molecule is Cc1cccc(-c2nccnc2C2CCN2)c1. The third-order valence-corrected chi connectivity index (χ3v) is 3.17. The van der Waals surface area contributed by atoms with Gasteiger partial charge in [-0.05, 0) is 26.0 Å². The van der Waals surface area contributed by atoms with E-state index in [-0.39, 0.29) is 0 Å². The van der Waals surface area contributed by atoms with Crippen LogP contribution in [0, 0.1) is 6.92 Å². The van der Waals surface area contributed by atoms with Crippen molar-refractivity contribution < 1.29 is 0 Å². The first-order valence-electron chi connectivity index (χ1n) is 5.96. The third kappa shape index (κ3) is 1.94. The van der Waals surface area contributed by atoms with Crippen LogP contribution in [0.25, 0.3) is 11.3 Å². The number of rotatable bonds is 2. The predicted molar refractivity (Wildman–Crippen MR) is 67.6 cm³/mol. The predicted octanol–water partition coefficient (Wildman–Crippen LogP) is 2.49. The van der Waals surface area contributed by atoms with Crippen LogP contribution in [0.2, 0.25) is 0 Å². The number of benzene rings is 1. The summed E-state index contributed by atoms with van der Waals surface area (Å²) in [5.74, 6) is 0. The highest BCUT2D eigenvalue weighted by atomic mass is 15.0. The average molecular weight is 225 g/mol. The molecular weight excluding hydrogens is 210 g/mol. The second-order valence-electron chi connectivity index (χ2n) is 4.46. The Kier molecular flexibility index (Phi) is 2.61. The lowest BCUT2D eigenvalue weighted by Gasteiger charge is -2.28. The van der Waals surface area contributed by atoms with Gasteiger partial charge < -0.3 is 5.32 Å².